The van der Waals surface area contributed by atoms with Crippen molar-refractivity contribution in [2.24, 2.45) is 10.9 Å². The van der Waals surface area contributed by atoms with Crippen molar-refractivity contribution in [3.63, 3.8) is 0 Å². The van der Waals surface area contributed by atoms with E-state index in [0.29, 0.717) is 19.7 Å². The molecule has 1 aliphatic rings. The Kier molecular flexibility index (Phi) is 10.3. The molecule has 0 radical (unpaired) electrons. The zero-order chi connectivity index (χ0) is 17.4. The van der Waals surface area contributed by atoms with E-state index >= 15 is 0 Å². The fraction of sp³-hybridized carbons (Fsp3) is 0.722. The molecule has 0 bridgehead atoms. The average Bonchev–Trinajstić information content (AvgIpc) is 3.19. The normalized spacial score (nSPS) is 16.2. The molecule has 0 aromatic carbocycles. The maximum absolute atomic E-state index is 10.0. The number of hydrogen-bond donors (Lipinski definition) is 3. The van der Waals surface area contributed by atoms with Gasteiger partial charge in [0, 0.05) is 30.0 Å². The Morgan fingerprint density at radius 3 is 2.80 bits per heavy atom. The third kappa shape index (κ3) is 8.70. The number of aliphatic hydroxyl groups is 1. The summed E-state index contributed by atoms with van der Waals surface area (Å²) in [5, 5.41) is 18.5. The molecule has 25 heavy (non-hydrogen) atoms. The zero-order valence-electron chi connectivity index (χ0n) is 15.5. The molecule has 2 rings (SSSR count). The molecule has 1 saturated carbocycles. The van der Waals surface area contributed by atoms with Crippen molar-refractivity contribution in [1.82, 2.24) is 10.6 Å². The Morgan fingerprint density at radius 1 is 1.44 bits per heavy atom. The van der Waals surface area contributed by atoms with Crippen LogP contribution in [0.1, 0.15) is 38.5 Å². The second kappa shape index (κ2) is 11.4. The van der Waals surface area contributed by atoms with Gasteiger partial charge in [0.1, 0.15) is 0 Å². The summed E-state index contributed by atoms with van der Waals surface area (Å²) in [5.41, 5.74) is 0.00249. The predicted octanol–water partition coefficient (Wildman–Crippen LogP) is 2.99. The number of hydrogen-bond acceptors (Lipinski definition) is 4. The Labute approximate surface area is 172 Å². The van der Waals surface area contributed by atoms with Gasteiger partial charge in [-0.1, -0.05) is 19.9 Å². The lowest BCUT2D eigenvalue weighted by molar-refractivity contribution is 0.0345. The number of guanidine groups is 1. The van der Waals surface area contributed by atoms with Crippen LogP contribution in [0.5, 0.6) is 0 Å². The predicted molar refractivity (Wildman–Crippen MR) is 116 cm³/mol. The minimum Gasteiger partial charge on any atom is -0.389 e. The molecule has 0 saturated heterocycles. The lowest BCUT2D eigenvalue weighted by Crippen LogP contribution is -2.43. The minimum absolute atomic E-state index is 0. The maximum Gasteiger partial charge on any atom is 0.191 e. The lowest BCUT2D eigenvalue weighted by Gasteiger charge is -2.22. The second-order valence-electron chi connectivity index (χ2n) is 7.07. The van der Waals surface area contributed by atoms with E-state index in [1.54, 1.807) is 11.3 Å². The monoisotopic (exact) mass is 481 g/mol. The quantitative estimate of drug-likeness (QED) is 0.273. The van der Waals surface area contributed by atoms with Crippen LogP contribution in [0.2, 0.25) is 0 Å². The summed E-state index contributed by atoms with van der Waals surface area (Å²) in [5.74, 6) is 1.46. The molecule has 1 fully saturated rings. The van der Waals surface area contributed by atoms with Crippen molar-refractivity contribution in [2.75, 3.05) is 32.8 Å². The lowest BCUT2D eigenvalue weighted by atomic mass is 9.92. The van der Waals surface area contributed by atoms with Crippen LogP contribution in [-0.2, 0) is 10.2 Å². The summed E-state index contributed by atoms with van der Waals surface area (Å²) in [6.45, 7) is 9.52. The van der Waals surface area contributed by atoms with Gasteiger partial charge in [0.05, 0.1) is 19.3 Å². The fourth-order valence-corrected chi connectivity index (χ4v) is 3.13. The van der Waals surface area contributed by atoms with Crippen LogP contribution in [0.3, 0.4) is 0 Å². The van der Waals surface area contributed by atoms with Gasteiger partial charge in [-0.15, -0.1) is 35.3 Å². The number of aliphatic hydroxyl groups excluding tert-OH is 1. The summed E-state index contributed by atoms with van der Waals surface area (Å²) in [4.78, 5) is 6.01. The van der Waals surface area contributed by atoms with Crippen LogP contribution >= 0.6 is 35.3 Å². The highest BCUT2D eigenvalue weighted by molar-refractivity contribution is 14.0. The van der Waals surface area contributed by atoms with Gasteiger partial charge in [0.2, 0.25) is 0 Å². The van der Waals surface area contributed by atoms with Crippen LogP contribution in [0.25, 0.3) is 0 Å². The number of nitrogens with zero attached hydrogens (tertiary/aromatic N) is 1. The van der Waals surface area contributed by atoms with Gasteiger partial charge in [-0.05, 0) is 37.1 Å². The first-order chi connectivity index (χ1) is 11.5. The SMILES string of the molecule is CCNC(=NCC(C)(C)c1cccs1)NCC(O)COCC1CC1.I. The van der Waals surface area contributed by atoms with Gasteiger partial charge >= 0.3 is 0 Å². The van der Waals surface area contributed by atoms with Gasteiger partial charge in [0.15, 0.2) is 5.96 Å². The third-order valence-electron chi connectivity index (χ3n) is 4.03. The van der Waals surface area contributed by atoms with Crippen molar-refractivity contribution >= 4 is 41.3 Å². The van der Waals surface area contributed by atoms with E-state index in [2.05, 4.69) is 47.0 Å². The molecule has 1 unspecified atom stereocenters. The summed E-state index contributed by atoms with van der Waals surface area (Å²) < 4.78 is 5.53. The molecule has 1 aliphatic carbocycles. The highest BCUT2D eigenvalue weighted by atomic mass is 127. The van der Waals surface area contributed by atoms with Gasteiger partial charge in [-0.25, -0.2) is 0 Å². The van der Waals surface area contributed by atoms with Crippen molar-refractivity contribution in [3.8, 4) is 0 Å². The standard InChI is InChI=1S/C18H31N3O2S.HI/c1-4-19-17(20-10-15(22)12-23-11-14-7-8-14)21-13-18(2,3)16-6-5-9-24-16;/h5-6,9,14-15,22H,4,7-8,10-13H2,1-3H3,(H2,19,20,21);1H. The highest BCUT2D eigenvalue weighted by Crippen LogP contribution is 2.29. The van der Waals surface area contributed by atoms with Crippen molar-refractivity contribution in [2.45, 2.75) is 45.1 Å². The highest BCUT2D eigenvalue weighted by Gasteiger charge is 2.22. The number of halogens is 1. The number of nitrogens with one attached hydrogen (secondary N) is 2. The molecule has 0 spiro atoms. The molecule has 5 nitrogen and oxygen atoms in total. The van der Waals surface area contributed by atoms with Crippen LogP contribution in [0.15, 0.2) is 22.5 Å². The Hall–Kier alpha value is -0.380. The van der Waals surface area contributed by atoms with Crippen molar-refractivity contribution in [1.29, 1.82) is 0 Å². The molecule has 3 N–H and O–H groups in total. The van der Waals surface area contributed by atoms with Gasteiger partial charge in [-0.3, -0.25) is 4.99 Å². The topological polar surface area (TPSA) is 65.9 Å². The minimum atomic E-state index is -0.516. The van der Waals surface area contributed by atoms with Gasteiger partial charge in [0.25, 0.3) is 0 Å². The second-order valence-corrected chi connectivity index (χ2v) is 8.02. The average molecular weight is 481 g/mol. The van der Waals surface area contributed by atoms with Crippen molar-refractivity contribution < 1.29 is 9.84 Å². The molecule has 7 heteroatoms. The molecular weight excluding hydrogens is 449 g/mol. The van der Waals surface area contributed by atoms with E-state index in [0.717, 1.165) is 25.0 Å². The van der Waals surface area contributed by atoms with Crippen molar-refractivity contribution in [3.05, 3.63) is 22.4 Å². The van der Waals surface area contributed by atoms with Crippen LogP contribution in [0, 0.1) is 5.92 Å². The first kappa shape index (κ1) is 22.7. The van der Waals surface area contributed by atoms with E-state index in [9.17, 15) is 5.11 Å². The van der Waals surface area contributed by atoms with E-state index in [4.69, 9.17) is 4.74 Å². The maximum atomic E-state index is 10.0. The molecule has 1 aromatic rings. The van der Waals surface area contributed by atoms with Crippen LogP contribution in [0.4, 0.5) is 0 Å². The Balaban J connectivity index is 0.00000312. The zero-order valence-corrected chi connectivity index (χ0v) is 18.6. The van der Waals surface area contributed by atoms with Crippen LogP contribution in [-0.4, -0.2) is 50.0 Å². The summed E-state index contributed by atoms with van der Waals surface area (Å²) in [7, 11) is 0. The fourth-order valence-electron chi connectivity index (χ4n) is 2.29. The van der Waals surface area contributed by atoms with Crippen LogP contribution < -0.4 is 10.6 Å². The van der Waals surface area contributed by atoms with E-state index in [1.807, 2.05) is 6.92 Å². The summed E-state index contributed by atoms with van der Waals surface area (Å²) in [6, 6.07) is 4.23. The van der Waals surface area contributed by atoms with E-state index in [-0.39, 0.29) is 29.4 Å². The molecule has 1 aromatic heterocycles. The van der Waals surface area contributed by atoms with E-state index < -0.39 is 6.10 Å². The number of ether oxygens (including phenoxy) is 1. The molecule has 144 valence electrons. The van der Waals surface area contributed by atoms with Gasteiger partial charge in [-0.2, -0.15) is 0 Å². The molecule has 1 atom stereocenters. The third-order valence-corrected chi connectivity index (χ3v) is 5.27. The molecule has 1 heterocycles. The molecular formula is C18H32IN3O2S. The first-order valence-corrected chi connectivity index (χ1v) is 9.71. The number of thiophene rings is 1. The largest absolute Gasteiger partial charge is 0.389 e. The Bertz CT molecular complexity index is 504. The molecule has 0 aliphatic heterocycles. The van der Waals surface area contributed by atoms with Gasteiger partial charge < -0.3 is 20.5 Å². The smallest absolute Gasteiger partial charge is 0.191 e. The first-order valence-electron chi connectivity index (χ1n) is 8.83. The van der Waals surface area contributed by atoms with E-state index in [1.165, 1.54) is 17.7 Å². The Morgan fingerprint density at radius 2 is 2.20 bits per heavy atom. The number of aliphatic imine (C=N–C) groups is 1. The number of rotatable bonds is 10. The molecule has 0 amide bonds. The summed E-state index contributed by atoms with van der Waals surface area (Å²) in [6.07, 6.45) is 2.02. The summed E-state index contributed by atoms with van der Waals surface area (Å²) >= 11 is 1.76.